The summed E-state index contributed by atoms with van der Waals surface area (Å²) in [6.45, 7) is 0. The minimum atomic E-state index is -3.78. The van der Waals surface area contributed by atoms with Crippen molar-refractivity contribution < 1.29 is 8.42 Å². The minimum Gasteiger partial charge on any atom is -0.377 e. The highest BCUT2D eigenvalue weighted by molar-refractivity contribution is 7.98. The molecule has 1 N–H and O–H groups in total. The quantitative estimate of drug-likeness (QED) is 0.691. The second kappa shape index (κ2) is 6.89. The van der Waals surface area contributed by atoms with Gasteiger partial charge in [-0.2, -0.15) is 0 Å². The lowest BCUT2D eigenvalue weighted by Gasteiger charge is -2.17. The van der Waals surface area contributed by atoms with Crippen LogP contribution in [0.4, 0.5) is 11.5 Å². The Bertz CT molecular complexity index is 1000. The summed E-state index contributed by atoms with van der Waals surface area (Å²) in [4.78, 5) is 2.17. The van der Waals surface area contributed by atoms with E-state index in [-0.39, 0.29) is 10.7 Å². The molecular formula is C17H18N4O2S2. The van der Waals surface area contributed by atoms with E-state index in [1.54, 1.807) is 30.3 Å². The monoisotopic (exact) mass is 374 g/mol. The summed E-state index contributed by atoms with van der Waals surface area (Å²) in [5, 5.41) is 10.1. The highest BCUT2D eigenvalue weighted by Crippen LogP contribution is 2.30. The predicted octanol–water partition coefficient (Wildman–Crippen LogP) is 3.22. The van der Waals surface area contributed by atoms with Crippen molar-refractivity contribution in [2.45, 2.75) is 9.92 Å². The zero-order valence-corrected chi connectivity index (χ0v) is 15.7. The molecule has 1 aromatic heterocycles. The van der Waals surface area contributed by atoms with Crippen molar-refractivity contribution in [3.8, 4) is 0 Å². The maximum Gasteiger partial charge on any atom is 0.263 e. The molecule has 0 bridgehead atoms. The molecule has 0 aliphatic carbocycles. The molecule has 2 aromatic carbocycles. The van der Waals surface area contributed by atoms with Crippen molar-refractivity contribution in [2.24, 2.45) is 0 Å². The van der Waals surface area contributed by atoms with Crippen molar-refractivity contribution >= 4 is 44.1 Å². The molecule has 0 unspecified atom stereocenters. The van der Waals surface area contributed by atoms with Gasteiger partial charge in [-0.05, 0) is 30.5 Å². The van der Waals surface area contributed by atoms with E-state index < -0.39 is 10.0 Å². The van der Waals surface area contributed by atoms with Gasteiger partial charge in [0.15, 0.2) is 5.82 Å². The van der Waals surface area contributed by atoms with Crippen LogP contribution >= 0.6 is 11.8 Å². The maximum absolute atomic E-state index is 12.9. The highest BCUT2D eigenvalue weighted by Gasteiger charge is 2.19. The third-order valence-electron chi connectivity index (χ3n) is 3.72. The van der Waals surface area contributed by atoms with Crippen LogP contribution in [0.25, 0.3) is 10.8 Å². The van der Waals surface area contributed by atoms with E-state index in [9.17, 15) is 8.42 Å². The minimum absolute atomic E-state index is 0.193. The Labute approximate surface area is 151 Å². The largest absolute Gasteiger partial charge is 0.377 e. The van der Waals surface area contributed by atoms with E-state index >= 15 is 0 Å². The molecule has 0 atom stereocenters. The average molecular weight is 374 g/mol. The Morgan fingerprint density at radius 1 is 0.960 bits per heavy atom. The molecule has 0 saturated heterocycles. The van der Waals surface area contributed by atoms with Crippen LogP contribution in [-0.4, -0.2) is 39.0 Å². The molecule has 0 aliphatic heterocycles. The lowest BCUT2D eigenvalue weighted by molar-refractivity contribution is 0.601. The van der Waals surface area contributed by atoms with Crippen molar-refractivity contribution in [1.82, 2.24) is 10.2 Å². The zero-order chi connectivity index (χ0) is 18.0. The summed E-state index contributed by atoms with van der Waals surface area (Å²) >= 11 is 1.44. The van der Waals surface area contributed by atoms with Gasteiger partial charge in [-0.3, -0.25) is 4.72 Å². The third-order valence-corrected chi connectivity index (χ3v) is 5.77. The number of hydrogen-bond acceptors (Lipinski definition) is 6. The molecule has 3 rings (SSSR count). The number of sulfonamides is 1. The number of anilines is 2. The molecule has 3 aromatic rings. The summed E-state index contributed by atoms with van der Waals surface area (Å²) in [7, 11) is 0.0755. The van der Waals surface area contributed by atoms with Gasteiger partial charge in [-0.25, -0.2) is 8.42 Å². The number of rotatable bonds is 5. The average Bonchev–Trinajstić information content (AvgIpc) is 2.60. The van der Waals surface area contributed by atoms with Crippen LogP contribution in [0.5, 0.6) is 0 Å². The number of nitrogens with one attached hydrogen (secondary N) is 1. The summed E-state index contributed by atoms with van der Waals surface area (Å²) in [5.74, 6) is 0.193. The Kier molecular flexibility index (Phi) is 4.82. The zero-order valence-electron chi connectivity index (χ0n) is 14.1. The molecule has 6 nitrogen and oxygen atoms in total. The van der Waals surface area contributed by atoms with Crippen LogP contribution in [0.2, 0.25) is 0 Å². The molecular weight excluding hydrogens is 356 g/mol. The predicted molar refractivity (Wildman–Crippen MR) is 103 cm³/mol. The second-order valence-electron chi connectivity index (χ2n) is 5.59. The molecule has 0 radical (unpaired) electrons. The number of fused-ring (bicyclic) bond motifs is 1. The van der Waals surface area contributed by atoms with E-state index in [0.717, 1.165) is 16.1 Å². The van der Waals surface area contributed by atoms with Crippen LogP contribution in [0.15, 0.2) is 58.5 Å². The first-order chi connectivity index (χ1) is 11.9. The summed E-state index contributed by atoms with van der Waals surface area (Å²) < 4.78 is 28.2. The fourth-order valence-corrected chi connectivity index (χ4v) is 4.11. The summed E-state index contributed by atoms with van der Waals surface area (Å²) in [6.07, 6.45) is 1.88. The number of benzene rings is 2. The number of aromatic nitrogens is 2. The van der Waals surface area contributed by atoms with Gasteiger partial charge >= 0.3 is 0 Å². The van der Waals surface area contributed by atoms with E-state index in [0.29, 0.717) is 5.39 Å². The molecule has 0 spiro atoms. The fourth-order valence-electron chi connectivity index (χ4n) is 2.56. The fraction of sp³-hybridized carbons (Fsp3) is 0.176. The van der Waals surface area contributed by atoms with Crippen molar-refractivity contribution in [1.29, 1.82) is 0 Å². The first-order valence-electron chi connectivity index (χ1n) is 7.52. The van der Waals surface area contributed by atoms with Crippen LogP contribution in [-0.2, 0) is 10.0 Å². The van der Waals surface area contributed by atoms with Crippen molar-refractivity contribution in [3.63, 3.8) is 0 Å². The standard InChI is InChI=1S/C17H18N4O2S2/c1-21(2)14-8-4-7-13-12(14)6-5-9-15(13)25(22,23)20-16-10-11-17(24-3)19-18-16/h4-11H,1-3H3,(H,18,20). The smallest absolute Gasteiger partial charge is 0.263 e. The molecule has 1 heterocycles. The topological polar surface area (TPSA) is 75.2 Å². The number of nitrogens with zero attached hydrogens (tertiary/aromatic N) is 3. The molecule has 8 heteroatoms. The Hall–Kier alpha value is -2.32. The normalized spacial score (nSPS) is 11.5. The van der Waals surface area contributed by atoms with E-state index in [1.807, 2.05) is 43.5 Å². The van der Waals surface area contributed by atoms with Crippen LogP contribution < -0.4 is 9.62 Å². The van der Waals surface area contributed by atoms with Gasteiger partial charge in [-0.15, -0.1) is 22.0 Å². The van der Waals surface area contributed by atoms with Crippen LogP contribution in [0.1, 0.15) is 0 Å². The third kappa shape index (κ3) is 3.54. The molecule has 130 valence electrons. The molecule has 0 fully saturated rings. The van der Waals surface area contributed by atoms with Gasteiger partial charge in [-0.1, -0.05) is 24.3 Å². The maximum atomic E-state index is 12.9. The molecule has 0 saturated carbocycles. The summed E-state index contributed by atoms with van der Waals surface area (Å²) in [6, 6.07) is 14.2. The van der Waals surface area contributed by atoms with Gasteiger partial charge in [0.1, 0.15) is 5.03 Å². The highest BCUT2D eigenvalue weighted by atomic mass is 32.2. The van der Waals surface area contributed by atoms with Gasteiger partial charge in [0.25, 0.3) is 10.0 Å². The summed E-state index contributed by atoms with van der Waals surface area (Å²) in [5.41, 5.74) is 0.957. The Balaban J connectivity index is 2.06. The Morgan fingerprint density at radius 2 is 1.68 bits per heavy atom. The van der Waals surface area contributed by atoms with Gasteiger partial charge in [0.05, 0.1) is 4.90 Å². The lowest BCUT2D eigenvalue weighted by atomic mass is 10.1. The van der Waals surface area contributed by atoms with Crippen LogP contribution in [0, 0.1) is 0 Å². The first-order valence-corrected chi connectivity index (χ1v) is 10.2. The van der Waals surface area contributed by atoms with Crippen LogP contribution in [0.3, 0.4) is 0 Å². The first kappa shape index (κ1) is 17.5. The van der Waals surface area contributed by atoms with Crippen molar-refractivity contribution in [3.05, 3.63) is 48.5 Å². The van der Waals surface area contributed by atoms with Gasteiger partial charge in [0, 0.05) is 30.6 Å². The Morgan fingerprint density at radius 3 is 2.32 bits per heavy atom. The number of hydrogen-bond donors (Lipinski definition) is 1. The molecule has 0 amide bonds. The van der Waals surface area contributed by atoms with Gasteiger partial charge < -0.3 is 4.90 Å². The van der Waals surface area contributed by atoms with E-state index in [1.165, 1.54) is 11.8 Å². The lowest BCUT2D eigenvalue weighted by Crippen LogP contribution is -2.15. The molecule has 0 aliphatic rings. The SMILES string of the molecule is CSc1ccc(NS(=O)(=O)c2cccc3c(N(C)C)cccc23)nn1. The second-order valence-corrected chi connectivity index (χ2v) is 8.07. The molecule has 25 heavy (non-hydrogen) atoms. The number of thioether (sulfide) groups is 1. The van der Waals surface area contributed by atoms with E-state index in [4.69, 9.17) is 0 Å². The van der Waals surface area contributed by atoms with Crippen molar-refractivity contribution in [2.75, 3.05) is 30.0 Å². The van der Waals surface area contributed by atoms with E-state index in [2.05, 4.69) is 14.9 Å². The van der Waals surface area contributed by atoms with Gasteiger partial charge in [0.2, 0.25) is 0 Å².